The third-order valence-corrected chi connectivity index (χ3v) is 7.07. The molecule has 1 heterocycles. The lowest BCUT2D eigenvalue weighted by atomic mass is 9.99. The van der Waals surface area contributed by atoms with Crippen LogP contribution in [0.25, 0.3) is 0 Å². The van der Waals surface area contributed by atoms with Gasteiger partial charge in [0.15, 0.2) is 0 Å². The highest BCUT2D eigenvalue weighted by molar-refractivity contribution is 5.85. The minimum atomic E-state index is -1.39. The standard InChI is InChI=1S/C31H55N3O4/c1-5-6-7-8-9-10-11-12-13-14-15-16-17-18-19-20-23-32-29(36)28(34(30(37)38)31(2,3)4)24-26-21-22-27(35)25-33-26/h21-22,25,28,35H,5-20,23-24H2,1-4H3,(H,32,36)(H,37,38)/p-1. The topological polar surface area (TPSA) is 106 Å². The monoisotopic (exact) mass is 532 g/mol. The smallest absolute Gasteiger partial charge is 0.243 e. The van der Waals surface area contributed by atoms with E-state index in [9.17, 15) is 19.8 Å². The van der Waals surface area contributed by atoms with Crippen molar-refractivity contribution >= 4 is 12.0 Å². The van der Waals surface area contributed by atoms with Crippen molar-refractivity contribution in [3.63, 3.8) is 0 Å². The summed E-state index contributed by atoms with van der Waals surface area (Å²) in [5.74, 6) is -0.328. The third-order valence-electron chi connectivity index (χ3n) is 7.07. The Balaban J connectivity index is 2.25. The van der Waals surface area contributed by atoms with Crippen LogP contribution in [-0.2, 0) is 11.2 Å². The summed E-state index contributed by atoms with van der Waals surface area (Å²) in [6.45, 7) is 8.00. The zero-order chi connectivity index (χ0) is 28.2. The van der Waals surface area contributed by atoms with Gasteiger partial charge in [0.25, 0.3) is 0 Å². The largest absolute Gasteiger partial charge is 0.530 e. The lowest BCUT2D eigenvalue weighted by Gasteiger charge is -2.42. The fourth-order valence-electron chi connectivity index (χ4n) is 4.91. The first-order valence-electron chi connectivity index (χ1n) is 15.1. The van der Waals surface area contributed by atoms with E-state index in [1.54, 1.807) is 26.8 Å². The van der Waals surface area contributed by atoms with Crippen LogP contribution in [0.3, 0.4) is 0 Å². The number of nitrogens with one attached hydrogen (secondary N) is 1. The van der Waals surface area contributed by atoms with Crippen molar-refractivity contribution in [1.82, 2.24) is 15.2 Å². The molecule has 0 radical (unpaired) electrons. The minimum absolute atomic E-state index is 0.0193. The van der Waals surface area contributed by atoms with Gasteiger partial charge < -0.3 is 25.2 Å². The number of aromatic hydroxyl groups is 1. The summed E-state index contributed by atoms with van der Waals surface area (Å²) in [6, 6.07) is 2.12. The molecule has 1 aromatic heterocycles. The Kier molecular flexibility index (Phi) is 17.5. The Morgan fingerprint density at radius 1 is 0.868 bits per heavy atom. The molecule has 7 heteroatoms. The predicted molar refractivity (Wildman–Crippen MR) is 153 cm³/mol. The molecular weight excluding hydrogens is 478 g/mol. The third kappa shape index (κ3) is 15.2. The van der Waals surface area contributed by atoms with Crippen LogP contribution in [-0.4, -0.2) is 45.1 Å². The number of amides is 2. The summed E-state index contributed by atoms with van der Waals surface area (Å²) in [6.07, 6.45) is 20.7. The van der Waals surface area contributed by atoms with Crippen LogP contribution in [0.1, 0.15) is 136 Å². The SMILES string of the molecule is CCCCCCCCCCCCCCCCCCNC(=O)C(Cc1ccc(O)cn1)N(C(=O)[O-])C(C)(C)C. The zero-order valence-corrected chi connectivity index (χ0v) is 24.6. The molecule has 7 nitrogen and oxygen atoms in total. The van der Waals surface area contributed by atoms with Crippen LogP contribution in [0.5, 0.6) is 5.75 Å². The highest BCUT2D eigenvalue weighted by Crippen LogP contribution is 2.20. The summed E-state index contributed by atoms with van der Waals surface area (Å²) in [4.78, 5) is 30.2. The highest BCUT2D eigenvalue weighted by atomic mass is 16.4. The summed E-state index contributed by atoms with van der Waals surface area (Å²) >= 11 is 0. The van der Waals surface area contributed by atoms with Crippen LogP contribution >= 0.6 is 0 Å². The Labute approximate surface area is 231 Å². The van der Waals surface area contributed by atoms with E-state index in [0.29, 0.717) is 12.2 Å². The van der Waals surface area contributed by atoms with Crippen LogP contribution < -0.4 is 10.4 Å². The van der Waals surface area contributed by atoms with Gasteiger partial charge in [0.2, 0.25) is 5.91 Å². The Hall–Kier alpha value is -2.31. The van der Waals surface area contributed by atoms with Gasteiger partial charge in [-0.1, -0.05) is 103 Å². The van der Waals surface area contributed by atoms with Crippen molar-refractivity contribution in [2.75, 3.05) is 6.54 Å². The molecule has 218 valence electrons. The van der Waals surface area contributed by atoms with Crippen LogP contribution in [0, 0.1) is 0 Å². The summed E-state index contributed by atoms with van der Waals surface area (Å²) in [5, 5.41) is 24.4. The fourth-order valence-corrected chi connectivity index (χ4v) is 4.91. The van der Waals surface area contributed by atoms with E-state index in [0.717, 1.165) is 24.2 Å². The average molecular weight is 533 g/mol. The number of aromatic nitrogens is 1. The molecule has 1 unspecified atom stereocenters. The second-order valence-corrected chi connectivity index (χ2v) is 11.6. The van der Waals surface area contributed by atoms with Gasteiger partial charge in [0.1, 0.15) is 17.9 Å². The van der Waals surface area contributed by atoms with E-state index in [2.05, 4.69) is 17.2 Å². The number of unbranched alkanes of at least 4 members (excludes halogenated alkanes) is 15. The molecule has 38 heavy (non-hydrogen) atoms. The molecule has 0 aliphatic carbocycles. The van der Waals surface area contributed by atoms with Gasteiger partial charge in [0, 0.05) is 24.2 Å². The van der Waals surface area contributed by atoms with Crippen molar-refractivity contribution in [3.05, 3.63) is 24.0 Å². The first-order chi connectivity index (χ1) is 18.2. The van der Waals surface area contributed by atoms with Crippen molar-refractivity contribution in [1.29, 1.82) is 0 Å². The Bertz CT molecular complexity index is 761. The first-order valence-corrected chi connectivity index (χ1v) is 15.1. The van der Waals surface area contributed by atoms with E-state index in [1.165, 1.54) is 95.7 Å². The fraction of sp³-hybridized carbons (Fsp3) is 0.774. The van der Waals surface area contributed by atoms with Crippen LogP contribution in [0.2, 0.25) is 0 Å². The molecule has 0 spiro atoms. The second-order valence-electron chi connectivity index (χ2n) is 11.6. The van der Waals surface area contributed by atoms with E-state index in [-0.39, 0.29) is 18.1 Å². The maximum Gasteiger partial charge on any atom is 0.243 e. The van der Waals surface area contributed by atoms with Gasteiger partial charge in [0.05, 0.1) is 6.20 Å². The maximum atomic E-state index is 13.0. The number of hydrogen-bond donors (Lipinski definition) is 2. The molecule has 2 amide bonds. The lowest BCUT2D eigenvalue weighted by Crippen LogP contribution is -2.61. The maximum absolute atomic E-state index is 13.0. The van der Waals surface area contributed by atoms with Gasteiger partial charge in [-0.2, -0.15) is 0 Å². The van der Waals surface area contributed by atoms with Gasteiger partial charge in [-0.25, -0.2) is 0 Å². The number of carbonyl (C=O) groups is 2. The van der Waals surface area contributed by atoms with E-state index in [4.69, 9.17) is 0 Å². The summed E-state index contributed by atoms with van der Waals surface area (Å²) in [5.41, 5.74) is -0.285. The molecule has 1 atom stereocenters. The van der Waals surface area contributed by atoms with Gasteiger partial charge in [-0.3, -0.25) is 9.78 Å². The van der Waals surface area contributed by atoms with Gasteiger partial charge in [-0.15, -0.1) is 0 Å². The van der Waals surface area contributed by atoms with E-state index < -0.39 is 17.7 Å². The number of carbonyl (C=O) groups excluding carboxylic acids is 2. The number of hydrogen-bond acceptors (Lipinski definition) is 5. The zero-order valence-electron chi connectivity index (χ0n) is 24.6. The van der Waals surface area contributed by atoms with E-state index in [1.807, 2.05) is 0 Å². The Morgan fingerprint density at radius 2 is 1.34 bits per heavy atom. The molecule has 0 bridgehead atoms. The molecule has 0 aliphatic rings. The normalized spacial score (nSPS) is 12.3. The molecule has 0 fully saturated rings. The number of rotatable bonds is 21. The molecule has 0 aliphatic heterocycles. The molecule has 0 saturated heterocycles. The molecule has 1 aromatic rings. The van der Waals surface area contributed by atoms with Gasteiger partial charge in [-0.05, 0) is 39.3 Å². The van der Waals surface area contributed by atoms with Crippen molar-refractivity contribution in [2.24, 2.45) is 0 Å². The molecule has 0 saturated carbocycles. The Morgan fingerprint density at radius 3 is 1.74 bits per heavy atom. The number of pyridine rings is 1. The van der Waals surface area contributed by atoms with Crippen molar-refractivity contribution in [2.45, 2.75) is 148 Å². The first kappa shape index (κ1) is 33.7. The average Bonchev–Trinajstić information content (AvgIpc) is 2.85. The molecule has 0 aromatic carbocycles. The summed E-state index contributed by atoms with van der Waals surface area (Å²) in [7, 11) is 0. The molecular formula is C31H54N3O4-. The lowest BCUT2D eigenvalue weighted by molar-refractivity contribution is -0.273. The molecule has 1 rings (SSSR count). The number of carboxylic acid groups (broad SMARTS) is 1. The predicted octanol–water partition coefficient (Wildman–Crippen LogP) is 6.52. The molecule has 2 N–H and O–H groups in total. The second kappa shape index (κ2) is 19.7. The van der Waals surface area contributed by atoms with E-state index >= 15 is 0 Å². The van der Waals surface area contributed by atoms with Gasteiger partial charge >= 0.3 is 0 Å². The quantitative estimate of drug-likeness (QED) is 0.175. The summed E-state index contributed by atoms with van der Waals surface area (Å²) < 4.78 is 0. The van der Waals surface area contributed by atoms with Crippen molar-refractivity contribution < 1.29 is 19.8 Å². The van der Waals surface area contributed by atoms with Crippen LogP contribution in [0.4, 0.5) is 4.79 Å². The van der Waals surface area contributed by atoms with Crippen LogP contribution in [0.15, 0.2) is 18.3 Å². The minimum Gasteiger partial charge on any atom is -0.530 e. The highest BCUT2D eigenvalue weighted by Gasteiger charge is 2.34. The number of nitrogens with zero attached hydrogens (tertiary/aromatic N) is 2. The van der Waals surface area contributed by atoms with Crippen molar-refractivity contribution in [3.8, 4) is 5.75 Å².